The maximum Gasteiger partial charge on any atom is 0.262 e. The number of hydrogen-bond donors (Lipinski definition) is 2. The van der Waals surface area contributed by atoms with Crippen molar-refractivity contribution in [2.24, 2.45) is 5.10 Å². The lowest BCUT2D eigenvalue weighted by Crippen LogP contribution is -2.35. The van der Waals surface area contributed by atoms with E-state index in [4.69, 9.17) is 4.74 Å². The third-order valence-corrected chi connectivity index (χ3v) is 4.37. The molecule has 0 fully saturated rings. The van der Waals surface area contributed by atoms with Gasteiger partial charge in [0.1, 0.15) is 11.8 Å². The SMILES string of the molecule is COc1ccc(N[C@H](C)C(=O)NN=C(C)c2ccc3ccccc3c2)cc1. The summed E-state index contributed by atoms with van der Waals surface area (Å²) >= 11 is 0. The van der Waals surface area contributed by atoms with E-state index in [9.17, 15) is 4.79 Å². The molecule has 1 atom stereocenters. The Balaban J connectivity index is 1.63. The number of nitrogens with zero attached hydrogens (tertiary/aromatic N) is 1. The highest BCUT2D eigenvalue weighted by atomic mass is 16.5. The van der Waals surface area contributed by atoms with E-state index >= 15 is 0 Å². The predicted molar refractivity (Wildman–Crippen MR) is 110 cm³/mol. The van der Waals surface area contributed by atoms with Crippen molar-refractivity contribution in [3.8, 4) is 5.75 Å². The van der Waals surface area contributed by atoms with E-state index in [2.05, 4.69) is 40.1 Å². The summed E-state index contributed by atoms with van der Waals surface area (Å²) < 4.78 is 5.13. The zero-order chi connectivity index (χ0) is 19.2. The van der Waals surface area contributed by atoms with Gasteiger partial charge >= 0.3 is 0 Å². The number of carbonyl (C=O) groups excluding carboxylic acids is 1. The van der Waals surface area contributed by atoms with Crippen molar-refractivity contribution in [2.75, 3.05) is 12.4 Å². The van der Waals surface area contributed by atoms with Gasteiger partial charge in [-0.3, -0.25) is 4.79 Å². The largest absolute Gasteiger partial charge is 0.497 e. The molecular formula is C22H23N3O2. The Morgan fingerprint density at radius 3 is 2.41 bits per heavy atom. The fourth-order valence-corrected chi connectivity index (χ4v) is 2.72. The summed E-state index contributed by atoms with van der Waals surface area (Å²) in [4.78, 5) is 12.3. The number of ether oxygens (including phenoxy) is 1. The number of amides is 1. The third-order valence-electron chi connectivity index (χ3n) is 4.37. The molecular weight excluding hydrogens is 338 g/mol. The molecule has 1 amide bonds. The fourth-order valence-electron chi connectivity index (χ4n) is 2.72. The molecule has 0 saturated carbocycles. The molecule has 0 heterocycles. The van der Waals surface area contributed by atoms with E-state index in [1.807, 2.05) is 49.4 Å². The highest BCUT2D eigenvalue weighted by molar-refractivity contribution is 6.02. The molecule has 0 bridgehead atoms. The number of anilines is 1. The minimum atomic E-state index is -0.424. The summed E-state index contributed by atoms with van der Waals surface area (Å²) in [6, 6.07) is 21.3. The van der Waals surface area contributed by atoms with Crippen LogP contribution in [0.4, 0.5) is 5.69 Å². The van der Waals surface area contributed by atoms with Crippen LogP contribution in [0.2, 0.25) is 0 Å². The zero-order valence-corrected chi connectivity index (χ0v) is 15.7. The van der Waals surface area contributed by atoms with E-state index in [1.54, 1.807) is 14.0 Å². The van der Waals surface area contributed by atoms with Crippen molar-refractivity contribution in [3.63, 3.8) is 0 Å². The summed E-state index contributed by atoms with van der Waals surface area (Å²) in [6.45, 7) is 3.67. The van der Waals surface area contributed by atoms with Gasteiger partial charge in [-0.05, 0) is 60.5 Å². The Morgan fingerprint density at radius 2 is 1.70 bits per heavy atom. The average molecular weight is 361 g/mol. The lowest BCUT2D eigenvalue weighted by molar-refractivity contribution is -0.121. The number of hydrazone groups is 1. The van der Waals surface area contributed by atoms with Gasteiger partial charge in [0.05, 0.1) is 12.8 Å². The lowest BCUT2D eigenvalue weighted by atomic mass is 10.0. The molecule has 0 spiro atoms. The van der Waals surface area contributed by atoms with Crippen LogP contribution in [0.5, 0.6) is 5.75 Å². The number of nitrogens with one attached hydrogen (secondary N) is 2. The lowest BCUT2D eigenvalue weighted by Gasteiger charge is -2.14. The van der Waals surface area contributed by atoms with Crippen molar-refractivity contribution >= 4 is 28.1 Å². The highest BCUT2D eigenvalue weighted by Gasteiger charge is 2.12. The summed E-state index contributed by atoms with van der Waals surface area (Å²) in [5, 5.41) is 9.71. The van der Waals surface area contributed by atoms with Gasteiger partial charge in [0.2, 0.25) is 0 Å². The van der Waals surface area contributed by atoms with Crippen LogP contribution in [-0.2, 0) is 4.79 Å². The maximum atomic E-state index is 12.3. The zero-order valence-electron chi connectivity index (χ0n) is 15.7. The van der Waals surface area contributed by atoms with E-state index in [0.29, 0.717) is 0 Å². The van der Waals surface area contributed by atoms with Gasteiger partial charge in [-0.1, -0.05) is 36.4 Å². The first-order chi connectivity index (χ1) is 13.1. The summed E-state index contributed by atoms with van der Waals surface area (Å²) in [5.41, 5.74) is 5.21. The van der Waals surface area contributed by atoms with Crippen LogP contribution in [0, 0.1) is 0 Å². The van der Waals surface area contributed by atoms with Crippen molar-refractivity contribution in [2.45, 2.75) is 19.9 Å². The first kappa shape index (κ1) is 18.5. The molecule has 0 aliphatic rings. The molecule has 3 aromatic rings. The Hall–Kier alpha value is -3.34. The van der Waals surface area contributed by atoms with E-state index in [1.165, 1.54) is 5.39 Å². The van der Waals surface area contributed by atoms with Crippen LogP contribution in [0.1, 0.15) is 19.4 Å². The monoisotopic (exact) mass is 361 g/mol. The van der Waals surface area contributed by atoms with Crippen molar-refractivity contribution < 1.29 is 9.53 Å². The quantitative estimate of drug-likeness (QED) is 0.511. The molecule has 0 unspecified atom stereocenters. The minimum Gasteiger partial charge on any atom is -0.497 e. The normalized spacial score (nSPS) is 12.5. The number of methoxy groups -OCH3 is 1. The van der Waals surface area contributed by atoms with Crippen molar-refractivity contribution in [1.29, 1.82) is 0 Å². The summed E-state index contributed by atoms with van der Waals surface area (Å²) in [6.07, 6.45) is 0. The fraction of sp³-hybridized carbons (Fsp3) is 0.182. The molecule has 0 aliphatic heterocycles. The molecule has 138 valence electrons. The van der Waals surface area contributed by atoms with Crippen LogP contribution in [0.25, 0.3) is 10.8 Å². The molecule has 0 radical (unpaired) electrons. The van der Waals surface area contributed by atoms with Gasteiger partial charge in [0.15, 0.2) is 0 Å². The second-order valence-electron chi connectivity index (χ2n) is 6.33. The number of carbonyl (C=O) groups is 1. The summed E-state index contributed by atoms with van der Waals surface area (Å²) in [5.74, 6) is 0.569. The first-order valence-corrected chi connectivity index (χ1v) is 8.81. The van der Waals surface area contributed by atoms with Crippen LogP contribution in [0.3, 0.4) is 0 Å². The van der Waals surface area contributed by atoms with E-state index in [0.717, 1.165) is 28.1 Å². The number of hydrogen-bond acceptors (Lipinski definition) is 4. The third kappa shape index (κ3) is 4.64. The molecule has 3 aromatic carbocycles. The molecule has 27 heavy (non-hydrogen) atoms. The Labute approximate surface area is 159 Å². The Morgan fingerprint density at radius 1 is 1.00 bits per heavy atom. The van der Waals surface area contributed by atoms with Crippen LogP contribution in [-0.4, -0.2) is 24.8 Å². The van der Waals surface area contributed by atoms with Gasteiger partial charge in [-0.2, -0.15) is 5.10 Å². The smallest absolute Gasteiger partial charge is 0.262 e. The molecule has 0 aromatic heterocycles. The van der Waals surface area contributed by atoms with Gasteiger partial charge in [0.25, 0.3) is 5.91 Å². The number of rotatable bonds is 6. The highest BCUT2D eigenvalue weighted by Crippen LogP contribution is 2.17. The van der Waals surface area contributed by atoms with Gasteiger partial charge in [-0.15, -0.1) is 0 Å². The van der Waals surface area contributed by atoms with Crippen molar-refractivity contribution in [1.82, 2.24) is 5.43 Å². The van der Waals surface area contributed by atoms with E-state index in [-0.39, 0.29) is 5.91 Å². The number of fused-ring (bicyclic) bond motifs is 1. The van der Waals surface area contributed by atoms with Crippen LogP contribution in [0.15, 0.2) is 71.8 Å². The Kier molecular flexibility index (Phi) is 5.71. The van der Waals surface area contributed by atoms with Crippen molar-refractivity contribution in [3.05, 3.63) is 72.3 Å². The van der Waals surface area contributed by atoms with Crippen LogP contribution >= 0.6 is 0 Å². The molecule has 5 nitrogen and oxygen atoms in total. The molecule has 5 heteroatoms. The standard InChI is InChI=1S/C22H23N3O2/c1-15(18-9-8-17-6-4-5-7-19(17)14-18)24-25-22(26)16(2)23-20-10-12-21(27-3)13-11-20/h4-14,16,23H,1-3H3,(H,25,26)/t16-/m1/s1. The van der Waals surface area contributed by atoms with Gasteiger partial charge in [0, 0.05) is 5.69 Å². The Bertz CT molecular complexity index is 965. The molecule has 2 N–H and O–H groups in total. The molecule has 0 saturated heterocycles. The predicted octanol–water partition coefficient (Wildman–Crippen LogP) is 4.19. The topological polar surface area (TPSA) is 62.7 Å². The first-order valence-electron chi connectivity index (χ1n) is 8.81. The van der Waals surface area contributed by atoms with Crippen LogP contribution < -0.4 is 15.5 Å². The molecule has 0 aliphatic carbocycles. The summed E-state index contributed by atoms with van der Waals surface area (Å²) in [7, 11) is 1.62. The second kappa shape index (κ2) is 8.36. The molecule has 3 rings (SSSR count). The van der Waals surface area contributed by atoms with Gasteiger partial charge < -0.3 is 10.1 Å². The second-order valence-corrected chi connectivity index (χ2v) is 6.33. The number of benzene rings is 3. The average Bonchev–Trinajstić information content (AvgIpc) is 2.71. The maximum absolute atomic E-state index is 12.3. The van der Waals surface area contributed by atoms with E-state index < -0.39 is 6.04 Å². The van der Waals surface area contributed by atoms with Gasteiger partial charge in [-0.25, -0.2) is 5.43 Å². The minimum absolute atomic E-state index is 0.203.